The summed E-state index contributed by atoms with van der Waals surface area (Å²) in [5.41, 5.74) is 0. The van der Waals surface area contributed by atoms with E-state index >= 15 is 0 Å². The van der Waals surface area contributed by atoms with Gasteiger partial charge < -0.3 is 4.90 Å². The Labute approximate surface area is 75.9 Å². The van der Waals surface area contributed by atoms with Crippen LogP contribution in [0.25, 0.3) is 0 Å². The lowest BCUT2D eigenvalue weighted by molar-refractivity contribution is -0.185. The molecule has 1 saturated carbocycles. The van der Waals surface area contributed by atoms with Crippen molar-refractivity contribution in [3.05, 3.63) is 0 Å². The standard InChI is InChI=1S/C9H14F3N/c10-9(11,12)7-3-5-13(6-4-7)8-1-2-8/h7-8H,1-6H2. The molecule has 0 atom stereocenters. The van der Waals surface area contributed by atoms with Crippen molar-refractivity contribution in [2.24, 2.45) is 5.92 Å². The summed E-state index contributed by atoms with van der Waals surface area (Å²) in [6.07, 6.45) is -0.969. The molecule has 13 heavy (non-hydrogen) atoms. The predicted molar refractivity (Wildman–Crippen MR) is 43.4 cm³/mol. The molecule has 2 fully saturated rings. The number of alkyl halides is 3. The van der Waals surface area contributed by atoms with E-state index in [0.717, 1.165) is 0 Å². The molecule has 0 amide bonds. The van der Waals surface area contributed by atoms with Gasteiger partial charge in [-0.05, 0) is 38.8 Å². The number of hydrogen-bond acceptors (Lipinski definition) is 1. The van der Waals surface area contributed by atoms with E-state index in [1.54, 1.807) is 0 Å². The molecule has 0 aromatic heterocycles. The van der Waals surface area contributed by atoms with Crippen LogP contribution in [0.1, 0.15) is 25.7 Å². The Morgan fingerprint density at radius 2 is 1.46 bits per heavy atom. The first-order chi connectivity index (χ1) is 6.07. The monoisotopic (exact) mass is 193 g/mol. The van der Waals surface area contributed by atoms with Crippen LogP contribution in [-0.4, -0.2) is 30.2 Å². The highest BCUT2D eigenvalue weighted by Crippen LogP contribution is 2.37. The van der Waals surface area contributed by atoms with E-state index in [9.17, 15) is 13.2 Å². The molecule has 1 aliphatic carbocycles. The second kappa shape index (κ2) is 3.15. The lowest BCUT2D eigenvalue weighted by Crippen LogP contribution is -2.39. The van der Waals surface area contributed by atoms with Crippen molar-refractivity contribution in [1.82, 2.24) is 4.90 Å². The maximum Gasteiger partial charge on any atom is 0.391 e. The van der Waals surface area contributed by atoms with E-state index in [-0.39, 0.29) is 0 Å². The van der Waals surface area contributed by atoms with Gasteiger partial charge in [0.2, 0.25) is 0 Å². The largest absolute Gasteiger partial charge is 0.391 e. The average molecular weight is 193 g/mol. The Morgan fingerprint density at radius 3 is 1.85 bits per heavy atom. The third-order valence-electron chi connectivity index (χ3n) is 3.06. The normalized spacial score (nSPS) is 27.9. The zero-order chi connectivity index (χ0) is 9.47. The summed E-state index contributed by atoms with van der Waals surface area (Å²) in [5.74, 6) is -1.04. The highest BCUT2D eigenvalue weighted by molar-refractivity contribution is 4.88. The molecule has 1 nitrogen and oxygen atoms in total. The second-order valence-corrected chi connectivity index (χ2v) is 4.08. The van der Waals surface area contributed by atoms with E-state index in [1.165, 1.54) is 12.8 Å². The van der Waals surface area contributed by atoms with Gasteiger partial charge in [0.05, 0.1) is 5.92 Å². The van der Waals surface area contributed by atoms with E-state index < -0.39 is 12.1 Å². The molecule has 1 saturated heterocycles. The zero-order valence-corrected chi connectivity index (χ0v) is 7.48. The maximum absolute atomic E-state index is 12.3. The Hall–Kier alpha value is -0.250. The van der Waals surface area contributed by atoms with Crippen LogP contribution in [0.4, 0.5) is 13.2 Å². The molecular formula is C9H14F3N. The molecule has 0 aromatic carbocycles. The molecule has 0 N–H and O–H groups in total. The fraction of sp³-hybridized carbons (Fsp3) is 1.00. The lowest BCUT2D eigenvalue weighted by atomic mass is 9.96. The van der Waals surface area contributed by atoms with Gasteiger partial charge in [-0.25, -0.2) is 0 Å². The van der Waals surface area contributed by atoms with Crippen molar-refractivity contribution in [3.63, 3.8) is 0 Å². The quantitative estimate of drug-likeness (QED) is 0.618. The van der Waals surface area contributed by atoms with Crippen LogP contribution < -0.4 is 0 Å². The summed E-state index contributed by atoms with van der Waals surface area (Å²) in [6.45, 7) is 1.30. The number of likely N-dealkylation sites (tertiary alicyclic amines) is 1. The van der Waals surface area contributed by atoms with Gasteiger partial charge >= 0.3 is 6.18 Å². The molecule has 2 aliphatic rings. The highest BCUT2D eigenvalue weighted by atomic mass is 19.4. The number of rotatable bonds is 1. The van der Waals surface area contributed by atoms with Crippen molar-refractivity contribution in [2.75, 3.05) is 13.1 Å². The van der Waals surface area contributed by atoms with Crippen molar-refractivity contribution < 1.29 is 13.2 Å². The van der Waals surface area contributed by atoms with Crippen molar-refractivity contribution in [1.29, 1.82) is 0 Å². The van der Waals surface area contributed by atoms with Gasteiger partial charge in [0.25, 0.3) is 0 Å². The fourth-order valence-corrected chi connectivity index (χ4v) is 2.03. The first kappa shape index (κ1) is 9.31. The van der Waals surface area contributed by atoms with Gasteiger partial charge in [0.15, 0.2) is 0 Å². The van der Waals surface area contributed by atoms with Gasteiger partial charge in [-0.15, -0.1) is 0 Å². The lowest BCUT2D eigenvalue weighted by Gasteiger charge is -2.32. The van der Waals surface area contributed by atoms with E-state index in [2.05, 4.69) is 4.90 Å². The molecule has 0 radical (unpaired) electrons. The minimum atomic E-state index is -3.96. The number of hydrogen-bond donors (Lipinski definition) is 0. The molecular weight excluding hydrogens is 179 g/mol. The Kier molecular flexibility index (Phi) is 2.26. The molecule has 0 bridgehead atoms. The minimum Gasteiger partial charge on any atom is -0.300 e. The van der Waals surface area contributed by atoms with Gasteiger partial charge in [-0.3, -0.25) is 0 Å². The van der Waals surface area contributed by atoms with Crippen LogP contribution in [0.3, 0.4) is 0 Å². The van der Waals surface area contributed by atoms with Crippen molar-refractivity contribution in [3.8, 4) is 0 Å². The second-order valence-electron chi connectivity index (χ2n) is 4.08. The van der Waals surface area contributed by atoms with Crippen LogP contribution in [0.15, 0.2) is 0 Å². The van der Waals surface area contributed by atoms with Crippen LogP contribution in [0, 0.1) is 5.92 Å². The predicted octanol–water partition coefficient (Wildman–Crippen LogP) is 2.42. The van der Waals surface area contributed by atoms with Crippen LogP contribution in [0.5, 0.6) is 0 Å². The number of piperidine rings is 1. The summed E-state index contributed by atoms with van der Waals surface area (Å²) in [4.78, 5) is 2.21. The first-order valence-corrected chi connectivity index (χ1v) is 4.88. The van der Waals surface area contributed by atoms with E-state index in [1.807, 2.05) is 0 Å². The molecule has 0 aromatic rings. The van der Waals surface area contributed by atoms with Crippen molar-refractivity contribution >= 4 is 0 Å². The summed E-state index contributed by atoms with van der Waals surface area (Å²) in [7, 11) is 0. The molecule has 2 rings (SSSR count). The van der Waals surface area contributed by atoms with Gasteiger partial charge in [0.1, 0.15) is 0 Å². The first-order valence-electron chi connectivity index (χ1n) is 4.88. The van der Waals surface area contributed by atoms with E-state index in [4.69, 9.17) is 0 Å². The highest BCUT2D eigenvalue weighted by Gasteiger charge is 2.42. The van der Waals surface area contributed by atoms with Gasteiger partial charge in [-0.2, -0.15) is 13.2 Å². The molecule has 1 heterocycles. The summed E-state index contributed by atoms with van der Waals surface area (Å²) in [5, 5.41) is 0. The van der Waals surface area contributed by atoms with Crippen molar-refractivity contribution in [2.45, 2.75) is 37.9 Å². The third kappa shape index (κ3) is 2.16. The third-order valence-corrected chi connectivity index (χ3v) is 3.06. The molecule has 0 spiro atoms. The molecule has 76 valence electrons. The van der Waals surface area contributed by atoms with Gasteiger partial charge in [0, 0.05) is 6.04 Å². The maximum atomic E-state index is 12.3. The Bertz CT molecular complexity index is 178. The topological polar surface area (TPSA) is 3.24 Å². The average Bonchev–Trinajstić information content (AvgIpc) is 2.85. The van der Waals surface area contributed by atoms with Gasteiger partial charge in [-0.1, -0.05) is 0 Å². The smallest absolute Gasteiger partial charge is 0.300 e. The van der Waals surface area contributed by atoms with Crippen LogP contribution >= 0.6 is 0 Å². The SMILES string of the molecule is FC(F)(F)C1CCN(C2CC2)CC1. The minimum absolute atomic E-state index is 0.306. The Morgan fingerprint density at radius 1 is 0.923 bits per heavy atom. The Balaban J connectivity index is 1.81. The number of halogens is 3. The van der Waals surface area contributed by atoms with Crippen LogP contribution in [0.2, 0.25) is 0 Å². The molecule has 0 unspecified atom stereocenters. The molecule has 4 heteroatoms. The fourth-order valence-electron chi connectivity index (χ4n) is 2.03. The summed E-state index contributed by atoms with van der Waals surface area (Å²) >= 11 is 0. The summed E-state index contributed by atoms with van der Waals surface area (Å²) < 4.78 is 36.8. The number of nitrogens with zero attached hydrogens (tertiary/aromatic N) is 1. The molecule has 1 aliphatic heterocycles. The summed E-state index contributed by atoms with van der Waals surface area (Å²) in [6, 6.07) is 0.620. The van der Waals surface area contributed by atoms with Crippen LogP contribution in [-0.2, 0) is 0 Å². The van der Waals surface area contributed by atoms with E-state index in [0.29, 0.717) is 32.0 Å². The zero-order valence-electron chi connectivity index (χ0n) is 7.48.